The molecule has 0 spiro atoms. The van der Waals surface area contributed by atoms with Crippen LogP contribution in [0.1, 0.15) is 25.8 Å². The standard InChI is InChI=1S/C13H19NO2/c1-3-11(2)9-14-13(15)16-10-12-7-5-4-6-8-12/h4-8,11H,3,9-10H2,1-2H3,(H,14,15). The van der Waals surface area contributed by atoms with Crippen molar-refractivity contribution in [3.05, 3.63) is 35.9 Å². The fourth-order valence-corrected chi connectivity index (χ4v) is 1.18. The van der Waals surface area contributed by atoms with Gasteiger partial charge in [0, 0.05) is 6.54 Å². The Kier molecular flexibility index (Phi) is 5.40. The van der Waals surface area contributed by atoms with Gasteiger partial charge in [0.15, 0.2) is 0 Å². The lowest BCUT2D eigenvalue weighted by Crippen LogP contribution is -2.28. The molecule has 1 aromatic rings. The zero-order chi connectivity index (χ0) is 11.8. The Morgan fingerprint density at radius 1 is 1.38 bits per heavy atom. The summed E-state index contributed by atoms with van der Waals surface area (Å²) in [6.07, 6.45) is 0.711. The first-order valence-electron chi connectivity index (χ1n) is 5.67. The molecule has 3 heteroatoms. The predicted octanol–water partition coefficient (Wildman–Crippen LogP) is 2.96. The summed E-state index contributed by atoms with van der Waals surface area (Å²) in [6.45, 7) is 5.19. The number of carbonyl (C=O) groups is 1. The van der Waals surface area contributed by atoms with Gasteiger partial charge in [-0.2, -0.15) is 0 Å². The van der Waals surface area contributed by atoms with Crippen molar-refractivity contribution in [2.45, 2.75) is 26.9 Å². The fourth-order valence-electron chi connectivity index (χ4n) is 1.18. The second kappa shape index (κ2) is 6.88. The van der Waals surface area contributed by atoms with Crippen molar-refractivity contribution in [3.8, 4) is 0 Å². The second-order valence-electron chi connectivity index (χ2n) is 3.96. The van der Waals surface area contributed by atoms with Gasteiger partial charge in [-0.1, -0.05) is 50.6 Å². The van der Waals surface area contributed by atoms with E-state index < -0.39 is 0 Å². The predicted molar refractivity (Wildman–Crippen MR) is 64.1 cm³/mol. The number of rotatable bonds is 5. The van der Waals surface area contributed by atoms with E-state index in [2.05, 4.69) is 19.2 Å². The molecule has 0 bridgehead atoms. The van der Waals surface area contributed by atoms with E-state index in [1.807, 2.05) is 30.3 Å². The smallest absolute Gasteiger partial charge is 0.407 e. The highest BCUT2D eigenvalue weighted by atomic mass is 16.5. The molecule has 1 unspecified atom stereocenters. The van der Waals surface area contributed by atoms with Gasteiger partial charge < -0.3 is 10.1 Å². The number of ether oxygens (including phenoxy) is 1. The zero-order valence-corrected chi connectivity index (χ0v) is 9.90. The minimum atomic E-state index is -0.343. The lowest BCUT2D eigenvalue weighted by atomic mass is 10.1. The molecule has 0 fully saturated rings. The van der Waals surface area contributed by atoms with Gasteiger partial charge in [0.05, 0.1) is 0 Å². The van der Waals surface area contributed by atoms with Crippen LogP contribution in [-0.2, 0) is 11.3 Å². The lowest BCUT2D eigenvalue weighted by Gasteiger charge is -2.10. The van der Waals surface area contributed by atoms with Crippen LogP contribution in [0.5, 0.6) is 0 Å². The molecule has 0 aliphatic heterocycles. The summed E-state index contributed by atoms with van der Waals surface area (Å²) in [4.78, 5) is 11.3. The topological polar surface area (TPSA) is 38.3 Å². The molecule has 1 atom stereocenters. The van der Waals surface area contributed by atoms with Crippen molar-refractivity contribution < 1.29 is 9.53 Å². The fraction of sp³-hybridized carbons (Fsp3) is 0.462. The van der Waals surface area contributed by atoms with Gasteiger partial charge in [-0.05, 0) is 11.5 Å². The number of hydrogen-bond acceptors (Lipinski definition) is 2. The third kappa shape index (κ3) is 4.82. The zero-order valence-electron chi connectivity index (χ0n) is 9.90. The van der Waals surface area contributed by atoms with E-state index in [0.717, 1.165) is 12.0 Å². The van der Waals surface area contributed by atoms with Gasteiger partial charge in [0.2, 0.25) is 0 Å². The Morgan fingerprint density at radius 3 is 2.69 bits per heavy atom. The Balaban J connectivity index is 2.20. The van der Waals surface area contributed by atoms with Gasteiger partial charge in [0.25, 0.3) is 0 Å². The van der Waals surface area contributed by atoms with Crippen molar-refractivity contribution in [2.75, 3.05) is 6.54 Å². The number of benzene rings is 1. The van der Waals surface area contributed by atoms with E-state index in [1.165, 1.54) is 0 Å². The molecule has 0 aromatic heterocycles. The van der Waals surface area contributed by atoms with E-state index in [1.54, 1.807) is 0 Å². The summed E-state index contributed by atoms with van der Waals surface area (Å²) < 4.78 is 5.07. The van der Waals surface area contributed by atoms with Gasteiger partial charge in [-0.15, -0.1) is 0 Å². The Bertz CT molecular complexity index is 311. The second-order valence-corrected chi connectivity index (χ2v) is 3.96. The van der Waals surface area contributed by atoms with Crippen LogP contribution in [0.15, 0.2) is 30.3 Å². The first-order valence-corrected chi connectivity index (χ1v) is 5.67. The number of alkyl carbamates (subject to hydrolysis) is 1. The van der Waals surface area contributed by atoms with Gasteiger partial charge in [0.1, 0.15) is 6.61 Å². The quantitative estimate of drug-likeness (QED) is 0.830. The highest BCUT2D eigenvalue weighted by Crippen LogP contribution is 2.01. The molecule has 0 saturated carbocycles. The minimum absolute atomic E-state index is 0.327. The number of hydrogen-bond donors (Lipinski definition) is 1. The van der Waals surface area contributed by atoms with Gasteiger partial charge in [-0.3, -0.25) is 0 Å². The van der Waals surface area contributed by atoms with Crippen LogP contribution in [0.3, 0.4) is 0 Å². The van der Waals surface area contributed by atoms with Crippen LogP contribution in [0, 0.1) is 5.92 Å². The van der Waals surface area contributed by atoms with Crippen molar-refractivity contribution in [1.29, 1.82) is 0 Å². The number of amides is 1. The van der Waals surface area contributed by atoms with E-state index >= 15 is 0 Å². The maximum atomic E-state index is 11.3. The van der Waals surface area contributed by atoms with Crippen LogP contribution in [-0.4, -0.2) is 12.6 Å². The van der Waals surface area contributed by atoms with E-state index in [9.17, 15) is 4.79 Å². The van der Waals surface area contributed by atoms with Crippen LogP contribution >= 0.6 is 0 Å². The Morgan fingerprint density at radius 2 is 2.06 bits per heavy atom. The molecule has 0 aliphatic carbocycles. The molecular weight excluding hydrogens is 202 g/mol. The average molecular weight is 221 g/mol. The average Bonchev–Trinajstić information content (AvgIpc) is 2.34. The highest BCUT2D eigenvalue weighted by molar-refractivity contribution is 5.67. The summed E-state index contributed by atoms with van der Waals surface area (Å²) in [7, 11) is 0. The summed E-state index contributed by atoms with van der Waals surface area (Å²) >= 11 is 0. The molecule has 0 radical (unpaired) electrons. The maximum absolute atomic E-state index is 11.3. The molecule has 88 valence electrons. The first kappa shape index (κ1) is 12.6. The SMILES string of the molecule is CCC(C)CNC(=O)OCc1ccccc1. The van der Waals surface area contributed by atoms with Crippen molar-refractivity contribution >= 4 is 6.09 Å². The Labute approximate surface area is 96.8 Å². The van der Waals surface area contributed by atoms with Crippen molar-refractivity contribution in [2.24, 2.45) is 5.92 Å². The summed E-state index contributed by atoms with van der Waals surface area (Å²) in [5.41, 5.74) is 1.00. The molecule has 16 heavy (non-hydrogen) atoms. The molecule has 1 rings (SSSR count). The van der Waals surface area contributed by atoms with Crippen LogP contribution < -0.4 is 5.32 Å². The normalized spacial score (nSPS) is 11.9. The maximum Gasteiger partial charge on any atom is 0.407 e. The Hall–Kier alpha value is -1.51. The molecule has 1 aromatic carbocycles. The summed E-state index contributed by atoms with van der Waals surface area (Å²) in [6, 6.07) is 9.65. The van der Waals surface area contributed by atoms with Gasteiger partial charge in [-0.25, -0.2) is 4.79 Å². The van der Waals surface area contributed by atoms with Crippen LogP contribution in [0.25, 0.3) is 0 Å². The van der Waals surface area contributed by atoms with E-state index in [-0.39, 0.29) is 6.09 Å². The third-order valence-corrected chi connectivity index (χ3v) is 2.50. The number of carbonyl (C=O) groups excluding carboxylic acids is 1. The van der Waals surface area contributed by atoms with Crippen LogP contribution in [0.4, 0.5) is 4.79 Å². The van der Waals surface area contributed by atoms with Crippen LogP contribution in [0.2, 0.25) is 0 Å². The summed E-state index contributed by atoms with van der Waals surface area (Å²) in [5, 5.41) is 2.74. The molecule has 0 aliphatic rings. The third-order valence-electron chi connectivity index (χ3n) is 2.50. The monoisotopic (exact) mass is 221 g/mol. The van der Waals surface area contributed by atoms with E-state index in [4.69, 9.17) is 4.74 Å². The first-order chi connectivity index (χ1) is 7.72. The summed E-state index contributed by atoms with van der Waals surface area (Å²) in [5.74, 6) is 0.490. The molecule has 0 saturated heterocycles. The largest absolute Gasteiger partial charge is 0.445 e. The minimum Gasteiger partial charge on any atom is -0.445 e. The van der Waals surface area contributed by atoms with Crippen molar-refractivity contribution in [1.82, 2.24) is 5.32 Å². The molecule has 1 amide bonds. The van der Waals surface area contributed by atoms with Gasteiger partial charge >= 0.3 is 6.09 Å². The lowest BCUT2D eigenvalue weighted by molar-refractivity contribution is 0.138. The molecule has 0 heterocycles. The number of nitrogens with one attached hydrogen (secondary N) is 1. The molecule has 3 nitrogen and oxygen atoms in total. The van der Waals surface area contributed by atoms with E-state index in [0.29, 0.717) is 19.1 Å². The highest BCUT2D eigenvalue weighted by Gasteiger charge is 2.04. The van der Waals surface area contributed by atoms with Crippen molar-refractivity contribution in [3.63, 3.8) is 0 Å². The molecule has 1 N–H and O–H groups in total. The molecular formula is C13H19NO2.